The second-order valence-corrected chi connectivity index (χ2v) is 6.06. The van der Waals surface area contributed by atoms with Crippen LogP contribution in [0, 0.1) is 0 Å². The molecule has 0 atom stereocenters. The summed E-state index contributed by atoms with van der Waals surface area (Å²) in [6.07, 6.45) is 2.89. The Hall–Kier alpha value is -1.98. The van der Waals surface area contributed by atoms with E-state index in [1.54, 1.807) is 34.1 Å². The first-order valence-corrected chi connectivity index (χ1v) is 7.87. The average Bonchev–Trinajstić information content (AvgIpc) is 3.10. The molecule has 0 unspecified atom stereocenters. The molecular formula is C16H14Cl2N2O3. The molecule has 2 aromatic rings. The van der Waals surface area contributed by atoms with Gasteiger partial charge in [0.05, 0.1) is 22.4 Å². The van der Waals surface area contributed by atoms with E-state index in [9.17, 15) is 9.59 Å². The smallest absolute Gasteiger partial charge is 0.257 e. The molecule has 1 fully saturated rings. The van der Waals surface area contributed by atoms with Crippen LogP contribution in [0.3, 0.4) is 0 Å². The molecule has 0 aliphatic carbocycles. The Morgan fingerprint density at radius 3 is 2.22 bits per heavy atom. The second kappa shape index (κ2) is 6.64. The first kappa shape index (κ1) is 15.9. The number of rotatable bonds is 2. The first-order valence-electron chi connectivity index (χ1n) is 7.12. The summed E-state index contributed by atoms with van der Waals surface area (Å²) < 4.78 is 4.93. The monoisotopic (exact) mass is 352 g/mol. The SMILES string of the molecule is O=C(c1ccoc1)N1CCN(C(=O)c2cc(Cl)ccc2Cl)CC1. The van der Waals surface area contributed by atoms with Gasteiger partial charge in [-0.15, -0.1) is 0 Å². The van der Waals surface area contributed by atoms with E-state index in [0.717, 1.165) is 0 Å². The van der Waals surface area contributed by atoms with E-state index in [0.29, 0.717) is 47.4 Å². The number of halogens is 2. The highest BCUT2D eigenvalue weighted by atomic mass is 35.5. The van der Waals surface area contributed by atoms with E-state index >= 15 is 0 Å². The Balaban J connectivity index is 1.66. The molecule has 1 aromatic heterocycles. The zero-order valence-corrected chi connectivity index (χ0v) is 13.7. The summed E-state index contributed by atoms with van der Waals surface area (Å²) >= 11 is 12.0. The molecule has 7 heteroatoms. The lowest BCUT2D eigenvalue weighted by Crippen LogP contribution is -2.50. The van der Waals surface area contributed by atoms with E-state index in [1.165, 1.54) is 12.5 Å². The average molecular weight is 353 g/mol. The minimum atomic E-state index is -0.173. The van der Waals surface area contributed by atoms with E-state index in [1.807, 2.05) is 0 Å². The maximum atomic E-state index is 12.5. The number of amides is 2. The van der Waals surface area contributed by atoms with Gasteiger partial charge in [0, 0.05) is 31.2 Å². The van der Waals surface area contributed by atoms with E-state index in [2.05, 4.69) is 0 Å². The zero-order valence-electron chi connectivity index (χ0n) is 12.2. The summed E-state index contributed by atoms with van der Waals surface area (Å²) in [6.45, 7) is 1.83. The molecule has 23 heavy (non-hydrogen) atoms. The van der Waals surface area contributed by atoms with Crippen LogP contribution in [0.1, 0.15) is 20.7 Å². The van der Waals surface area contributed by atoms with Gasteiger partial charge in [0.1, 0.15) is 6.26 Å². The molecule has 3 rings (SSSR count). The molecule has 2 amide bonds. The fourth-order valence-corrected chi connectivity index (χ4v) is 2.88. The number of benzene rings is 1. The molecule has 1 saturated heterocycles. The molecule has 120 valence electrons. The summed E-state index contributed by atoms with van der Waals surface area (Å²) in [5, 5.41) is 0.836. The van der Waals surface area contributed by atoms with Gasteiger partial charge in [-0.2, -0.15) is 0 Å². The lowest BCUT2D eigenvalue weighted by molar-refractivity contribution is 0.0535. The van der Waals surface area contributed by atoms with Crippen LogP contribution in [0.2, 0.25) is 10.0 Å². The lowest BCUT2D eigenvalue weighted by Gasteiger charge is -2.34. The molecular weight excluding hydrogens is 339 g/mol. The van der Waals surface area contributed by atoms with Gasteiger partial charge in [0.15, 0.2) is 0 Å². The van der Waals surface area contributed by atoms with Gasteiger partial charge in [0.2, 0.25) is 0 Å². The van der Waals surface area contributed by atoms with Crippen LogP contribution in [0.5, 0.6) is 0 Å². The summed E-state index contributed by atoms with van der Waals surface area (Å²) in [6, 6.07) is 6.44. The van der Waals surface area contributed by atoms with Crippen LogP contribution in [-0.4, -0.2) is 47.8 Å². The van der Waals surface area contributed by atoms with Gasteiger partial charge in [0.25, 0.3) is 11.8 Å². The molecule has 0 saturated carbocycles. The molecule has 1 aliphatic heterocycles. The lowest BCUT2D eigenvalue weighted by atomic mass is 10.1. The minimum absolute atomic E-state index is 0.0911. The Morgan fingerprint density at radius 1 is 0.957 bits per heavy atom. The maximum absolute atomic E-state index is 12.5. The highest BCUT2D eigenvalue weighted by Gasteiger charge is 2.26. The number of nitrogens with zero attached hydrogens (tertiary/aromatic N) is 2. The van der Waals surface area contributed by atoms with Crippen LogP contribution >= 0.6 is 23.2 Å². The van der Waals surface area contributed by atoms with Crippen molar-refractivity contribution in [1.29, 1.82) is 0 Å². The van der Waals surface area contributed by atoms with Crippen LogP contribution in [0.4, 0.5) is 0 Å². The topological polar surface area (TPSA) is 53.8 Å². The fraction of sp³-hybridized carbons (Fsp3) is 0.250. The van der Waals surface area contributed by atoms with Gasteiger partial charge in [-0.1, -0.05) is 23.2 Å². The Morgan fingerprint density at radius 2 is 1.61 bits per heavy atom. The van der Waals surface area contributed by atoms with Crippen molar-refractivity contribution < 1.29 is 14.0 Å². The third-order valence-corrected chi connectivity index (χ3v) is 4.35. The zero-order chi connectivity index (χ0) is 16.4. The quantitative estimate of drug-likeness (QED) is 0.833. The fourth-order valence-electron chi connectivity index (χ4n) is 2.51. The van der Waals surface area contributed by atoms with Crippen molar-refractivity contribution in [2.24, 2.45) is 0 Å². The minimum Gasteiger partial charge on any atom is -0.472 e. The number of carbonyl (C=O) groups is 2. The van der Waals surface area contributed by atoms with Crippen molar-refractivity contribution in [2.45, 2.75) is 0 Å². The predicted octanol–water partition coefficient (Wildman–Crippen LogP) is 3.18. The Bertz CT molecular complexity index is 723. The van der Waals surface area contributed by atoms with E-state index in [-0.39, 0.29) is 11.8 Å². The highest BCUT2D eigenvalue weighted by Crippen LogP contribution is 2.23. The third kappa shape index (κ3) is 3.35. The summed E-state index contributed by atoms with van der Waals surface area (Å²) in [7, 11) is 0. The molecule has 0 N–H and O–H groups in total. The van der Waals surface area contributed by atoms with Crippen molar-refractivity contribution in [1.82, 2.24) is 9.80 Å². The molecule has 0 radical (unpaired) electrons. The molecule has 5 nitrogen and oxygen atoms in total. The van der Waals surface area contributed by atoms with Crippen LogP contribution in [-0.2, 0) is 0 Å². The van der Waals surface area contributed by atoms with Crippen molar-refractivity contribution in [2.75, 3.05) is 26.2 Å². The standard InChI is InChI=1S/C16H14Cl2N2O3/c17-12-1-2-14(18)13(9-12)16(22)20-6-4-19(5-7-20)15(21)11-3-8-23-10-11/h1-3,8-10H,4-7H2. The number of carbonyl (C=O) groups excluding carboxylic acids is 2. The number of furan rings is 1. The summed E-state index contributed by atoms with van der Waals surface area (Å²) in [5.74, 6) is -0.264. The molecule has 1 aliphatic rings. The Labute approximate surface area is 143 Å². The Kier molecular flexibility index (Phi) is 4.59. The van der Waals surface area contributed by atoms with E-state index in [4.69, 9.17) is 27.6 Å². The summed E-state index contributed by atoms with van der Waals surface area (Å²) in [4.78, 5) is 28.2. The molecule has 2 heterocycles. The van der Waals surface area contributed by atoms with Crippen LogP contribution in [0.15, 0.2) is 41.2 Å². The van der Waals surface area contributed by atoms with Gasteiger partial charge >= 0.3 is 0 Å². The predicted molar refractivity (Wildman–Crippen MR) is 87.0 cm³/mol. The van der Waals surface area contributed by atoms with Gasteiger partial charge in [-0.25, -0.2) is 0 Å². The van der Waals surface area contributed by atoms with Crippen LogP contribution in [0.25, 0.3) is 0 Å². The van der Waals surface area contributed by atoms with Crippen molar-refractivity contribution in [3.05, 3.63) is 58.0 Å². The number of hydrogen-bond donors (Lipinski definition) is 0. The van der Waals surface area contributed by atoms with Crippen molar-refractivity contribution in [3.8, 4) is 0 Å². The number of piperazine rings is 1. The first-order chi connectivity index (χ1) is 11.1. The molecule has 0 bridgehead atoms. The third-order valence-electron chi connectivity index (χ3n) is 3.78. The van der Waals surface area contributed by atoms with Crippen molar-refractivity contribution in [3.63, 3.8) is 0 Å². The van der Waals surface area contributed by atoms with E-state index < -0.39 is 0 Å². The number of hydrogen-bond acceptors (Lipinski definition) is 3. The highest BCUT2D eigenvalue weighted by molar-refractivity contribution is 6.35. The maximum Gasteiger partial charge on any atom is 0.257 e. The van der Waals surface area contributed by atoms with Gasteiger partial charge in [-0.05, 0) is 24.3 Å². The van der Waals surface area contributed by atoms with Crippen LogP contribution < -0.4 is 0 Å². The molecule has 0 spiro atoms. The second-order valence-electron chi connectivity index (χ2n) is 5.22. The van der Waals surface area contributed by atoms with Gasteiger partial charge < -0.3 is 14.2 Å². The summed E-state index contributed by atoms with van der Waals surface area (Å²) in [5.41, 5.74) is 0.899. The molecule has 1 aromatic carbocycles. The van der Waals surface area contributed by atoms with Crippen molar-refractivity contribution >= 4 is 35.0 Å². The van der Waals surface area contributed by atoms with Gasteiger partial charge in [-0.3, -0.25) is 9.59 Å². The normalized spacial score (nSPS) is 14.9. The largest absolute Gasteiger partial charge is 0.472 e.